The number of morpholine rings is 1. The molecule has 30 heavy (non-hydrogen) atoms. The fraction of sp³-hybridized carbons (Fsp3) is 0.350. The topological polar surface area (TPSA) is 116 Å². The Morgan fingerprint density at radius 3 is 3.03 bits per heavy atom. The molecule has 1 fully saturated rings. The van der Waals surface area contributed by atoms with Gasteiger partial charge in [-0.25, -0.2) is 14.6 Å². The number of ether oxygens (including phenoxy) is 2. The molecule has 1 aromatic carbocycles. The van der Waals surface area contributed by atoms with Crippen molar-refractivity contribution in [3.63, 3.8) is 0 Å². The Balaban J connectivity index is 1.48. The lowest BCUT2D eigenvalue weighted by Gasteiger charge is -2.23. The van der Waals surface area contributed by atoms with E-state index in [0.717, 1.165) is 17.9 Å². The molecular weight excluding hydrogens is 386 g/mol. The predicted molar refractivity (Wildman–Crippen MR) is 108 cm³/mol. The number of hydrogen-bond acceptors (Lipinski definition) is 8. The van der Waals surface area contributed by atoms with E-state index < -0.39 is 0 Å². The van der Waals surface area contributed by atoms with Crippen LogP contribution in [-0.2, 0) is 11.3 Å². The first-order chi connectivity index (χ1) is 14.6. The molecule has 2 aromatic heterocycles. The van der Waals surface area contributed by atoms with Crippen LogP contribution in [0.1, 0.15) is 28.0 Å². The molecule has 1 amide bonds. The summed E-state index contributed by atoms with van der Waals surface area (Å²) in [6.07, 6.45) is 1.71. The molecule has 0 aliphatic carbocycles. The van der Waals surface area contributed by atoms with Crippen molar-refractivity contribution in [2.45, 2.75) is 19.6 Å². The fourth-order valence-electron chi connectivity index (χ4n) is 3.14. The van der Waals surface area contributed by atoms with Crippen molar-refractivity contribution in [1.82, 2.24) is 35.6 Å². The first kappa shape index (κ1) is 19.9. The number of rotatable bonds is 6. The summed E-state index contributed by atoms with van der Waals surface area (Å²) in [5.41, 5.74) is 2.31. The zero-order valence-electron chi connectivity index (χ0n) is 16.8. The number of aryl methyl sites for hydroxylation is 1. The number of nitrogens with zero attached hydrogens (tertiary/aromatic N) is 5. The Morgan fingerprint density at radius 1 is 1.33 bits per heavy atom. The van der Waals surface area contributed by atoms with Gasteiger partial charge in [-0.05, 0) is 30.7 Å². The summed E-state index contributed by atoms with van der Waals surface area (Å²) in [6.45, 7) is 4.05. The lowest BCUT2D eigenvalue weighted by atomic mass is 10.2. The van der Waals surface area contributed by atoms with Crippen LogP contribution in [0.5, 0.6) is 5.75 Å². The molecule has 1 atom stereocenters. The molecule has 0 bridgehead atoms. The summed E-state index contributed by atoms with van der Waals surface area (Å²) in [4.78, 5) is 21.3. The van der Waals surface area contributed by atoms with Crippen LogP contribution in [0.15, 0.2) is 36.5 Å². The van der Waals surface area contributed by atoms with Crippen molar-refractivity contribution in [3.05, 3.63) is 53.6 Å². The highest BCUT2D eigenvalue weighted by Gasteiger charge is 2.18. The molecule has 0 radical (unpaired) electrons. The van der Waals surface area contributed by atoms with E-state index in [0.29, 0.717) is 37.0 Å². The standard InChI is InChI=1S/C20H23N7O3/c1-13-23-16(18-11-27(26-25-18)19-12-30-7-6-21-19)9-17(24-13)20(28)22-10-14-4-3-5-15(8-14)29-2/h3-5,8-9,11,19,21H,6-7,10,12H2,1-2H3,(H,22,28)/t19-/m0/s1. The molecule has 1 aliphatic rings. The van der Waals surface area contributed by atoms with Crippen LogP contribution in [0.4, 0.5) is 0 Å². The minimum Gasteiger partial charge on any atom is -0.497 e. The molecule has 0 unspecified atom stereocenters. The Hall–Kier alpha value is -3.37. The summed E-state index contributed by atoms with van der Waals surface area (Å²) < 4.78 is 12.4. The quantitative estimate of drug-likeness (QED) is 0.622. The molecular formula is C20H23N7O3. The first-order valence-electron chi connectivity index (χ1n) is 9.62. The van der Waals surface area contributed by atoms with Gasteiger partial charge in [0.15, 0.2) is 0 Å². The molecule has 0 spiro atoms. The summed E-state index contributed by atoms with van der Waals surface area (Å²) in [5, 5.41) is 14.5. The third-order valence-electron chi connectivity index (χ3n) is 4.65. The highest BCUT2D eigenvalue weighted by molar-refractivity contribution is 5.93. The normalized spacial score (nSPS) is 16.3. The fourth-order valence-corrected chi connectivity index (χ4v) is 3.14. The molecule has 10 heteroatoms. The second kappa shape index (κ2) is 8.97. The van der Waals surface area contributed by atoms with Gasteiger partial charge in [-0.1, -0.05) is 17.3 Å². The van der Waals surface area contributed by atoms with E-state index in [-0.39, 0.29) is 17.8 Å². The van der Waals surface area contributed by atoms with Crippen molar-refractivity contribution < 1.29 is 14.3 Å². The van der Waals surface area contributed by atoms with Crippen molar-refractivity contribution in [1.29, 1.82) is 0 Å². The number of carbonyl (C=O) groups excluding carboxylic acids is 1. The van der Waals surface area contributed by atoms with Gasteiger partial charge in [-0.15, -0.1) is 5.10 Å². The summed E-state index contributed by atoms with van der Waals surface area (Å²) >= 11 is 0. The average Bonchev–Trinajstić information content (AvgIpc) is 3.28. The van der Waals surface area contributed by atoms with Gasteiger partial charge in [0.25, 0.3) is 5.91 Å². The van der Waals surface area contributed by atoms with Crippen LogP contribution in [0.3, 0.4) is 0 Å². The molecule has 10 nitrogen and oxygen atoms in total. The van der Waals surface area contributed by atoms with E-state index in [4.69, 9.17) is 9.47 Å². The zero-order chi connectivity index (χ0) is 20.9. The molecule has 0 saturated carbocycles. The number of hydrogen-bond donors (Lipinski definition) is 2. The first-order valence-corrected chi connectivity index (χ1v) is 9.62. The third kappa shape index (κ3) is 4.61. The molecule has 2 N–H and O–H groups in total. The van der Waals surface area contributed by atoms with E-state index >= 15 is 0 Å². The van der Waals surface area contributed by atoms with E-state index in [1.54, 1.807) is 31.0 Å². The number of nitrogens with one attached hydrogen (secondary N) is 2. The third-order valence-corrected chi connectivity index (χ3v) is 4.65. The Morgan fingerprint density at radius 2 is 2.23 bits per heavy atom. The molecule has 1 aliphatic heterocycles. The van der Waals surface area contributed by atoms with Gasteiger partial charge in [0, 0.05) is 13.1 Å². The number of aromatic nitrogens is 5. The van der Waals surface area contributed by atoms with Gasteiger partial charge in [0.2, 0.25) is 0 Å². The number of amides is 1. The molecule has 1 saturated heterocycles. The molecule has 3 heterocycles. The van der Waals surface area contributed by atoms with Crippen LogP contribution in [-0.4, -0.2) is 57.7 Å². The predicted octanol–water partition coefficient (Wildman–Crippen LogP) is 1.10. The van der Waals surface area contributed by atoms with Crippen LogP contribution < -0.4 is 15.4 Å². The Kier molecular flexibility index (Phi) is 5.96. The van der Waals surface area contributed by atoms with Gasteiger partial charge in [0.1, 0.15) is 29.1 Å². The van der Waals surface area contributed by atoms with Gasteiger partial charge in [-0.2, -0.15) is 0 Å². The highest BCUT2D eigenvalue weighted by Crippen LogP contribution is 2.17. The minimum atomic E-state index is -0.292. The zero-order valence-corrected chi connectivity index (χ0v) is 16.8. The monoisotopic (exact) mass is 409 g/mol. The maximum absolute atomic E-state index is 12.7. The van der Waals surface area contributed by atoms with Crippen LogP contribution in [0.25, 0.3) is 11.4 Å². The van der Waals surface area contributed by atoms with Gasteiger partial charge in [-0.3, -0.25) is 10.1 Å². The van der Waals surface area contributed by atoms with Crippen molar-refractivity contribution in [2.24, 2.45) is 0 Å². The molecule has 4 rings (SSSR count). The summed E-state index contributed by atoms with van der Waals surface area (Å²) in [5.74, 6) is 0.926. The Labute approximate surface area is 173 Å². The van der Waals surface area contributed by atoms with E-state index in [9.17, 15) is 4.79 Å². The maximum Gasteiger partial charge on any atom is 0.270 e. The van der Waals surface area contributed by atoms with Crippen LogP contribution in [0.2, 0.25) is 0 Å². The number of carbonyl (C=O) groups is 1. The molecule has 156 valence electrons. The van der Waals surface area contributed by atoms with Crippen LogP contribution >= 0.6 is 0 Å². The lowest BCUT2D eigenvalue weighted by molar-refractivity contribution is 0.0478. The second-order valence-electron chi connectivity index (χ2n) is 6.85. The lowest BCUT2D eigenvalue weighted by Crippen LogP contribution is -2.38. The smallest absolute Gasteiger partial charge is 0.270 e. The number of benzene rings is 1. The van der Waals surface area contributed by atoms with Crippen molar-refractivity contribution >= 4 is 5.91 Å². The van der Waals surface area contributed by atoms with E-state index in [1.807, 2.05) is 24.3 Å². The summed E-state index contributed by atoms with van der Waals surface area (Å²) in [6, 6.07) is 9.14. The highest BCUT2D eigenvalue weighted by atomic mass is 16.5. The Bertz CT molecular complexity index is 1030. The average molecular weight is 409 g/mol. The second-order valence-corrected chi connectivity index (χ2v) is 6.85. The van der Waals surface area contributed by atoms with E-state index in [2.05, 4.69) is 30.9 Å². The van der Waals surface area contributed by atoms with Crippen molar-refractivity contribution in [3.8, 4) is 17.1 Å². The van der Waals surface area contributed by atoms with Gasteiger partial charge in [0.05, 0.1) is 32.2 Å². The van der Waals surface area contributed by atoms with E-state index in [1.165, 1.54) is 0 Å². The van der Waals surface area contributed by atoms with Crippen LogP contribution in [0, 0.1) is 6.92 Å². The van der Waals surface area contributed by atoms with Gasteiger partial charge < -0.3 is 14.8 Å². The minimum absolute atomic E-state index is 0.0754. The van der Waals surface area contributed by atoms with Gasteiger partial charge >= 0.3 is 0 Å². The van der Waals surface area contributed by atoms with Crippen molar-refractivity contribution in [2.75, 3.05) is 26.9 Å². The largest absolute Gasteiger partial charge is 0.497 e. The maximum atomic E-state index is 12.7. The summed E-state index contributed by atoms with van der Waals surface area (Å²) in [7, 11) is 1.61. The SMILES string of the molecule is COc1cccc(CNC(=O)c2cc(-c3cn([C@H]4COCCN4)nn3)nc(C)n2)c1. The number of methoxy groups -OCH3 is 1. The molecule has 3 aromatic rings.